The van der Waals surface area contributed by atoms with Gasteiger partial charge in [0.1, 0.15) is 0 Å². The van der Waals surface area contributed by atoms with E-state index in [0.717, 1.165) is 16.9 Å². The second-order valence-corrected chi connectivity index (χ2v) is 7.95. The molecule has 2 atom stereocenters. The Balaban J connectivity index is 1.25. The molecule has 9 heteroatoms. The zero-order valence-corrected chi connectivity index (χ0v) is 17.3. The number of rotatable bonds is 7. The molecule has 2 aromatic rings. The molecule has 0 spiro atoms. The lowest BCUT2D eigenvalue weighted by Gasteiger charge is -2.12. The zero-order chi connectivity index (χ0) is 22.0. The molecule has 3 N–H and O–H groups in total. The van der Waals surface area contributed by atoms with Crippen LogP contribution in [-0.4, -0.2) is 41.7 Å². The van der Waals surface area contributed by atoms with Crippen LogP contribution in [0.2, 0.25) is 5.02 Å². The number of carbonyl (C=O) groups excluding carboxylic acids is 4. The minimum atomic E-state index is -0.481. The molecule has 4 rings (SSSR count). The summed E-state index contributed by atoms with van der Waals surface area (Å²) in [7, 11) is 0. The van der Waals surface area contributed by atoms with E-state index >= 15 is 0 Å². The number of hydrogen-bond donors (Lipinski definition) is 3. The average molecular weight is 441 g/mol. The van der Waals surface area contributed by atoms with E-state index in [1.165, 1.54) is 0 Å². The second-order valence-electron chi connectivity index (χ2n) is 7.54. The maximum atomic E-state index is 12.5. The van der Waals surface area contributed by atoms with Crippen molar-refractivity contribution in [1.82, 2.24) is 10.2 Å². The highest BCUT2D eigenvalue weighted by molar-refractivity contribution is 6.31. The molecule has 8 nitrogen and oxygen atoms in total. The van der Waals surface area contributed by atoms with Gasteiger partial charge in [0.15, 0.2) is 0 Å². The van der Waals surface area contributed by atoms with Gasteiger partial charge in [-0.15, -0.1) is 0 Å². The van der Waals surface area contributed by atoms with Crippen LogP contribution < -0.4 is 16.0 Å². The van der Waals surface area contributed by atoms with Crippen molar-refractivity contribution >= 4 is 46.7 Å². The fourth-order valence-electron chi connectivity index (χ4n) is 3.59. The highest BCUT2D eigenvalue weighted by atomic mass is 35.5. The Labute approximate surface area is 183 Å². The largest absolute Gasteiger partial charge is 0.329 e. The molecule has 0 aromatic heterocycles. The predicted molar refractivity (Wildman–Crippen MR) is 116 cm³/mol. The van der Waals surface area contributed by atoms with Crippen molar-refractivity contribution in [2.45, 2.75) is 18.8 Å². The molecule has 160 valence electrons. The lowest BCUT2D eigenvalue weighted by molar-refractivity contribution is -0.125. The van der Waals surface area contributed by atoms with Crippen LogP contribution in [0.5, 0.6) is 0 Å². The molecule has 1 aliphatic carbocycles. The molecule has 0 radical (unpaired) electrons. The maximum absolute atomic E-state index is 12.5. The van der Waals surface area contributed by atoms with E-state index < -0.39 is 6.03 Å². The number of benzene rings is 2. The van der Waals surface area contributed by atoms with Gasteiger partial charge in [0.2, 0.25) is 17.7 Å². The van der Waals surface area contributed by atoms with E-state index in [1.807, 2.05) is 24.3 Å². The smallest absolute Gasteiger partial charge is 0.324 e. The first-order valence-electron chi connectivity index (χ1n) is 9.96. The zero-order valence-electron chi connectivity index (χ0n) is 16.6. The quantitative estimate of drug-likeness (QED) is 0.575. The summed E-state index contributed by atoms with van der Waals surface area (Å²) in [6.07, 6.45) is 0.768. The molecule has 1 saturated heterocycles. The molecule has 1 saturated carbocycles. The van der Waals surface area contributed by atoms with E-state index in [0.29, 0.717) is 16.4 Å². The van der Waals surface area contributed by atoms with E-state index in [1.54, 1.807) is 24.3 Å². The Morgan fingerprint density at radius 2 is 1.71 bits per heavy atom. The minimum Gasteiger partial charge on any atom is -0.329 e. The third-order valence-electron chi connectivity index (χ3n) is 5.37. The summed E-state index contributed by atoms with van der Waals surface area (Å²) in [4.78, 5) is 48.6. The van der Waals surface area contributed by atoms with Gasteiger partial charge in [-0.3, -0.25) is 19.3 Å². The van der Waals surface area contributed by atoms with Gasteiger partial charge >= 0.3 is 6.03 Å². The summed E-state index contributed by atoms with van der Waals surface area (Å²) in [5.74, 6) is -0.688. The second kappa shape index (κ2) is 8.77. The first-order chi connectivity index (χ1) is 14.9. The normalized spacial score (nSPS) is 19.7. The number of nitrogens with one attached hydrogen (secondary N) is 3. The number of carbonyl (C=O) groups is 4. The van der Waals surface area contributed by atoms with Crippen molar-refractivity contribution in [2.24, 2.45) is 5.92 Å². The van der Waals surface area contributed by atoms with Gasteiger partial charge in [0.05, 0.1) is 6.54 Å². The van der Waals surface area contributed by atoms with E-state index in [9.17, 15) is 19.2 Å². The Bertz CT molecular complexity index is 1020. The number of anilines is 2. The van der Waals surface area contributed by atoms with Crippen molar-refractivity contribution in [3.63, 3.8) is 0 Å². The van der Waals surface area contributed by atoms with Crippen molar-refractivity contribution < 1.29 is 19.2 Å². The van der Waals surface area contributed by atoms with E-state index in [-0.39, 0.29) is 49.1 Å². The van der Waals surface area contributed by atoms with Crippen LogP contribution in [-0.2, 0) is 14.4 Å². The average Bonchev–Trinajstić information content (AvgIpc) is 3.48. The van der Waals surface area contributed by atoms with Crippen molar-refractivity contribution in [3.05, 3.63) is 59.1 Å². The number of halogens is 1. The molecule has 0 bridgehead atoms. The number of imide groups is 1. The van der Waals surface area contributed by atoms with Crippen molar-refractivity contribution in [2.75, 3.05) is 23.7 Å². The third-order valence-corrected chi connectivity index (χ3v) is 5.71. The van der Waals surface area contributed by atoms with Crippen LogP contribution in [0.15, 0.2) is 48.5 Å². The van der Waals surface area contributed by atoms with Gasteiger partial charge in [-0.25, -0.2) is 4.79 Å². The number of urea groups is 1. The lowest BCUT2D eigenvalue weighted by atomic mass is 10.1. The highest BCUT2D eigenvalue weighted by Gasteiger charge is 2.44. The number of hydrogen-bond acceptors (Lipinski definition) is 4. The van der Waals surface area contributed by atoms with E-state index in [4.69, 9.17) is 11.6 Å². The van der Waals surface area contributed by atoms with Crippen molar-refractivity contribution in [3.8, 4) is 0 Å². The van der Waals surface area contributed by atoms with Gasteiger partial charge in [-0.2, -0.15) is 0 Å². The molecule has 1 aliphatic heterocycles. The molecular weight excluding hydrogens is 420 g/mol. The Morgan fingerprint density at radius 1 is 1.03 bits per heavy atom. The fourth-order valence-corrected chi connectivity index (χ4v) is 3.87. The van der Waals surface area contributed by atoms with Gasteiger partial charge in [0, 0.05) is 35.3 Å². The van der Waals surface area contributed by atoms with Crippen LogP contribution in [0.3, 0.4) is 0 Å². The summed E-state index contributed by atoms with van der Waals surface area (Å²) < 4.78 is 0. The summed E-state index contributed by atoms with van der Waals surface area (Å²) in [6, 6.07) is 13.9. The maximum Gasteiger partial charge on any atom is 0.324 e. The summed E-state index contributed by atoms with van der Waals surface area (Å²) >= 11 is 6.22. The Hall–Kier alpha value is -3.39. The van der Waals surface area contributed by atoms with Crippen LogP contribution in [0.25, 0.3) is 0 Å². The van der Waals surface area contributed by atoms with Gasteiger partial charge in [-0.1, -0.05) is 29.8 Å². The topological polar surface area (TPSA) is 108 Å². The minimum absolute atomic E-state index is 0.00274. The summed E-state index contributed by atoms with van der Waals surface area (Å²) in [6.45, 7) is -0.00769. The molecule has 5 amide bonds. The molecule has 31 heavy (non-hydrogen) atoms. The molecule has 2 unspecified atom stereocenters. The molecular formula is C22H21ClN4O4. The van der Waals surface area contributed by atoms with E-state index in [2.05, 4.69) is 16.0 Å². The van der Waals surface area contributed by atoms with Crippen LogP contribution in [0.1, 0.15) is 24.3 Å². The first kappa shape index (κ1) is 20.9. The number of nitrogens with zero attached hydrogens (tertiary/aromatic N) is 1. The Kier molecular flexibility index (Phi) is 5.90. The van der Waals surface area contributed by atoms with Gasteiger partial charge < -0.3 is 16.0 Å². The standard InChI is InChI=1S/C22H21ClN4O4/c23-18-4-2-1-3-15(18)16-11-17(16)21(30)26-14-7-5-13(6-8-14)25-19(28)9-10-27-20(29)12-24-22(27)31/h1-8,16-17H,9-12H2,(H,24,31)(H,25,28)(H,26,30). The van der Waals surface area contributed by atoms with Crippen LogP contribution >= 0.6 is 11.6 Å². The fraction of sp³-hybridized carbons (Fsp3) is 0.273. The molecule has 2 aromatic carbocycles. The van der Waals surface area contributed by atoms with Crippen LogP contribution in [0, 0.1) is 5.92 Å². The van der Waals surface area contributed by atoms with Gasteiger partial charge in [-0.05, 0) is 48.2 Å². The monoisotopic (exact) mass is 440 g/mol. The van der Waals surface area contributed by atoms with Gasteiger partial charge in [0.25, 0.3) is 0 Å². The van der Waals surface area contributed by atoms with Crippen molar-refractivity contribution in [1.29, 1.82) is 0 Å². The SMILES string of the molecule is O=C(CCN1C(=O)CNC1=O)Nc1ccc(NC(=O)C2CC2c2ccccc2Cl)cc1. The van der Waals surface area contributed by atoms with Crippen LogP contribution in [0.4, 0.5) is 16.2 Å². The molecule has 1 heterocycles. The molecule has 2 aliphatic rings. The lowest BCUT2D eigenvalue weighted by Crippen LogP contribution is -2.33. The first-order valence-corrected chi connectivity index (χ1v) is 10.3. The summed E-state index contributed by atoms with van der Waals surface area (Å²) in [5, 5.41) is 8.69. The third kappa shape index (κ3) is 4.86. The Morgan fingerprint density at radius 3 is 2.35 bits per heavy atom. The predicted octanol–water partition coefficient (Wildman–Crippen LogP) is 2.96. The summed E-state index contributed by atoms with van der Waals surface area (Å²) in [5.41, 5.74) is 2.18. The highest BCUT2D eigenvalue weighted by Crippen LogP contribution is 2.50. The molecule has 2 fully saturated rings. The number of amides is 5.